The number of nitrogens with zero attached hydrogens (tertiary/aromatic N) is 2. The summed E-state index contributed by atoms with van der Waals surface area (Å²) >= 11 is 0. The zero-order chi connectivity index (χ0) is 17.7. The standard InChI is InChI=1S/C20H22N2O3/c1-3-21(4-2)18(23)12-7-9-15(10-8-12)22-19(24)16-13-5-6-14(11-13)17(16)20(22)25/h5-10,13-14,16-17H,3-4,11H2,1-2H3/t13-,14+,16-,17-/m0/s1. The second-order valence-electron chi connectivity index (χ2n) is 7.04. The van der Waals surface area contributed by atoms with E-state index in [-0.39, 0.29) is 41.4 Å². The highest BCUT2D eigenvalue weighted by Gasteiger charge is 2.59. The van der Waals surface area contributed by atoms with Crippen molar-refractivity contribution in [1.29, 1.82) is 0 Å². The summed E-state index contributed by atoms with van der Waals surface area (Å²) in [5, 5.41) is 0. The molecule has 5 heteroatoms. The Kier molecular flexibility index (Phi) is 3.74. The fourth-order valence-corrected chi connectivity index (χ4v) is 4.60. The molecule has 0 spiro atoms. The van der Waals surface area contributed by atoms with Crippen molar-refractivity contribution in [2.45, 2.75) is 20.3 Å². The largest absolute Gasteiger partial charge is 0.339 e. The number of hydrogen-bond acceptors (Lipinski definition) is 3. The van der Waals surface area contributed by atoms with Crippen LogP contribution in [0, 0.1) is 23.7 Å². The van der Waals surface area contributed by atoms with Gasteiger partial charge in [-0.05, 0) is 56.4 Å². The van der Waals surface area contributed by atoms with Gasteiger partial charge in [0, 0.05) is 18.7 Å². The van der Waals surface area contributed by atoms with Gasteiger partial charge in [-0.1, -0.05) is 12.2 Å². The Labute approximate surface area is 147 Å². The number of hydrogen-bond donors (Lipinski definition) is 0. The number of fused-ring (bicyclic) bond motifs is 5. The summed E-state index contributed by atoms with van der Waals surface area (Å²) in [4.78, 5) is 41.1. The van der Waals surface area contributed by atoms with Crippen molar-refractivity contribution in [2.24, 2.45) is 23.7 Å². The van der Waals surface area contributed by atoms with E-state index in [2.05, 4.69) is 12.2 Å². The van der Waals surface area contributed by atoms with Crippen LogP contribution in [0.3, 0.4) is 0 Å². The topological polar surface area (TPSA) is 57.7 Å². The molecule has 2 fully saturated rings. The summed E-state index contributed by atoms with van der Waals surface area (Å²) in [7, 11) is 0. The molecule has 130 valence electrons. The van der Waals surface area contributed by atoms with Crippen LogP contribution >= 0.6 is 0 Å². The highest BCUT2D eigenvalue weighted by Crippen LogP contribution is 2.53. The van der Waals surface area contributed by atoms with E-state index in [1.54, 1.807) is 29.2 Å². The summed E-state index contributed by atoms with van der Waals surface area (Å²) in [5.41, 5.74) is 1.15. The molecular weight excluding hydrogens is 316 g/mol. The molecule has 5 nitrogen and oxygen atoms in total. The van der Waals surface area contributed by atoms with Gasteiger partial charge in [-0.25, -0.2) is 0 Å². The van der Waals surface area contributed by atoms with E-state index >= 15 is 0 Å². The first-order valence-corrected chi connectivity index (χ1v) is 9.02. The van der Waals surface area contributed by atoms with E-state index in [1.807, 2.05) is 13.8 Å². The Balaban J connectivity index is 1.58. The maximum absolute atomic E-state index is 12.8. The number of benzene rings is 1. The van der Waals surface area contributed by atoms with Crippen molar-refractivity contribution in [2.75, 3.05) is 18.0 Å². The van der Waals surface area contributed by atoms with Gasteiger partial charge < -0.3 is 4.90 Å². The number of carbonyl (C=O) groups is 3. The number of allylic oxidation sites excluding steroid dienone is 2. The van der Waals surface area contributed by atoms with E-state index in [9.17, 15) is 14.4 Å². The minimum absolute atomic E-state index is 0.0326. The number of imide groups is 1. The maximum Gasteiger partial charge on any atom is 0.253 e. The molecule has 2 aliphatic carbocycles. The summed E-state index contributed by atoms with van der Waals surface area (Å²) in [5.74, 6) is -0.182. The number of anilines is 1. The van der Waals surface area contributed by atoms with Crippen molar-refractivity contribution >= 4 is 23.4 Å². The Morgan fingerprint density at radius 1 is 1.00 bits per heavy atom. The third-order valence-electron chi connectivity index (χ3n) is 5.89. The van der Waals surface area contributed by atoms with Crippen molar-refractivity contribution in [3.05, 3.63) is 42.0 Å². The number of rotatable bonds is 4. The molecule has 0 N–H and O–H groups in total. The van der Waals surface area contributed by atoms with E-state index in [4.69, 9.17) is 0 Å². The molecule has 0 unspecified atom stereocenters. The molecular formula is C20H22N2O3. The predicted molar refractivity (Wildman–Crippen MR) is 93.9 cm³/mol. The van der Waals surface area contributed by atoms with E-state index in [0.717, 1.165) is 6.42 Å². The minimum atomic E-state index is -0.195. The molecule has 2 bridgehead atoms. The quantitative estimate of drug-likeness (QED) is 0.626. The van der Waals surface area contributed by atoms with E-state index < -0.39 is 0 Å². The van der Waals surface area contributed by atoms with Gasteiger partial charge in [-0.15, -0.1) is 0 Å². The normalized spacial score (nSPS) is 29.4. The van der Waals surface area contributed by atoms with Gasteiger partial charge in [-0.3, -0.25) is 19.3 Å². The number of amides is 3. The average Bonchev–Trinajstić information content (AvgIpc) is 3.30. The van der Waals surface area contributed by atoms with Gasteiger partial charge in [0.1, 0.15) is 0 Å². The summed E-state index contributed by atoms with van der Waals surface area (Å²) in [6, 6.07) is 6.83. The van der Waals surface area contributed by atoms with Gasteiger partial charge >= 0.3 is 0 Å². The second-order valence-corrected chi connectivity index (χ2v) is 7.04. The Bertz CT molecular complexity index is 734. The molecule has 1 saturated heterocycles. The lowest BCUT2D eigenvalue weighted by molar-refractivity contribution is -0.123. The molecule has 25 heavy (non-hydrogen) atoms. The van der Waals surface area contributed by atoms with Crippen LogP contribution in [-0.2, 0) is 9.59 Å². The van der Waals surface area contributed by atoms with E-state index in [1.165, 1.54) is 4.90 Å². The second kappa shape index (κ2) is 5.83. The Morgan fingerprint density at radius 2 is 1.52 bits per heavy atom. The highest BCUT2D eigenvalue weighted by molar-refractivity contribution is 6.22. The molecule has 1 heterocycles. The van der Waals surface area contributed by atoms with Gasteiger partial charge in [0.25, 0.3) is 5.91 Å². The Morgan fingerprint density at radius 3 is 2.00 bits per heavy atom. The molecule has 3 amide bonds. The van der Waals surface area contributed by atoms with Crippen LogP contribution in [-0.4, -0.2) is 35.7 Å². The van der Waals surface area contributed by atoms with Gasteiger partial charge in [0.05, 0.1) is 17.5 Å². The molecule has 3 aliphatic rings. The van der Waals surface area contributed by atoms with Crippen LogP contribution in [0.2, 0.25) is 0 Å². The summed E-state index contributed by atoms with van der Waals surface area (Å²) in [6.45, 7) is 5.19. The molecule has 4 rings (SSSR count). The first kappa shape index (κ1) is 16.1. The molecule has 1 aromatic carbocycles. The van der Waals surface area contributed by atoms with Gasteiger partial charge in [0.15, 0.2) is 0 Å². The minimum Gasteiger partial charge on any atom is -0.339 e. The molecule has 1 aliphatic heterocycles. The maximum atomic E-state index is 12.8. The lowest BCUT2D eigenvalue weighted by Crippen LogP contribution is -2.33. The van der Waals surface area contributed by atoms with Crippen LogP contribution in [0.1, 0.15) is 30.6 Å². The molecule has 1 aromatic rings. The first-order valence-electron chi connectivity index (χ1n) is 9.02. The van der Waals surface area contributed by atoms with Crippen LogP contribution in [0.15, 0.2) is 36.4 Å². The smallest absolute Gasteiger partial charge is 0.253 e. The van der Waals surface area contributed by atoms with Gasteiger partial charge in [0.2, 0.25) is 11.8 Å². The molecule has 4 atom stereocenters. The van der Waals surface area contributed by atoms with Crippen LogP contribution < -0.4 is 4.90 Å². The van der Waals surface area contributed by atoms with Crippen molar-refractivity contribution in [1.82, 2.24) is 4.90 Å². The Hall–Kier alpha value is -2.43. The van der Waals surface area contributed by atoms with Crippen molar-refractivity contribution < 1.29 is 14.4 Å². The summed E-state index contributed by atoms with van der Waals surface area (Å²) < 4.78 is 0. The fraction of sp³-hybridized carbons (Fsp3) is 0.450. The van der Waals surface area contributed by atoms with Crippen LogP contribution in [0.25, 0.3) is 0 Å². The number of carbonyl (C=O) groups excluding carboxylic acids is 3. The van der Waals surface area contributed by atoms with Crippen molar-refractivity contribution in [3.8, 4) is 0 Å². The summed E-state index contributed by atoms with van der Waals surface area (Å²) in [6.07, 6.45) is 5.11. The predicted octanol–water partition coefficient (Wildman–Crippen LogP) is 2.48. The highest BCUT2D eigenvalue weighted by atomic mass is 16.2. The lowest BCUT2D eigenvalue weighted by atomic mass is 9.85. The van der Waals surface area contributed by atoms with Crippen molar-refractivity contribution in [3.63, 3.8) is 0 Å². The molecule has 1 saturated carbocycles. The fourth-order valence-electron chi connectivity index (χ4n) is 4.60. The average molecular weight is 338 g/mol. The zero-order valence-corrected chi connectivity index (χ0v) is 14.5. The van der Waals surface area contributed by atoms with Crippen LogP contribution in [0.4, 0.5) is 5.69 Å². The third kappa shape index (κ3) is 2.25. The van der Waals surface area contributed by atoms with Crippen LogP contribution in [0.5, 0.6) is 0 Å². The molecule has 0 radical (unpaired) electrons. The molecule has 0 aromatic heterocycles. The van der Waals surface area contributed by atoms with E-state index in [0.29, 0.717) is 24.3 Å². The monoisotopic (exact) mass is 338 g/mol. The third-order valence-corrected chi connectivity index (χ3v) is 5.89. The lowest BCUT2D eigenvalue weighted by Gasteiger charge is -2.20. The van der Waals surface area contributed by atoms with Gasteiger partial charge in [-0.2, -0.15) is 0 Å². The first-order chi connectivity index (χ1) is 12.1. The SMILES string of the molecule is CCN(CC)C(=O)c1ccc(N2C(=O)[C@@H]3[C@@H](C2=O)[C@H]2C=C[C@@H]3C2)cc1. The zero-order valence-electron chi connectivity index (χ0n) is 14.5.